The van der Waals surface area contributed by atoms with Gasteiger partial charge in [0.25, 0.3) is 0 Å². The third-order valence-corrected chi connectivity index (χ3v) is 1.75. The molecule has 1 heterocycles. The van der Waals surface area contributed by atoms with Crippen LogP contribution in [0, 0.1) is 5.82 Å². The van der Waals surface area contributed by atoms with Crippen LogP contribution >= 0.6 is 0 Å². The fourth-order valence-corrected chi connectivity index (χ4v) is 1.05. The molecule has 0 spiro atoms. The molecule has 0 aliphatic rings. The molecule has 0 radical (unpaired) electrons. The van der Waals surface area contributed by atoms with Crippen LogP contribution in [0.3, 0.4) is 0 Å². The van der Waals surface area contributed by atoms with Gasteiger partial charge in [-0.1, -0.05) is 0 Å². The third-order valence-electron chi connectivity index (χ3n) is 1.75. The molecule has 3 nitrogen and oxygen atoms in total. The Bertz CT molecular complexity index is 445. The Balaban J connectivity index is 2.09. The summed E-state index contributed by atoms with van der Waals surface area (Å²) >= 11 is 0. The van der Waals surface area contributed by atoms with Gasteiger partial charge in [0.15, 0.2) is 0 Å². The van der Waals surface area contributed by atoms with E-state index < -0.39 is 5.97 Å². The van der Waals surface area contributed by atoms with Crippen LogP contribution in [0.2, 0.25) is 0 Å². The summed E-state index contributed by atoms with van der Waals surface area (Å²) in [7, 11) is 0. The fourth-order valence-electron chi connectivity index (χ4n) is 1.05. The zero-order chi connectivity index (χ0) is 10.7. The maximum Gasteiger partial charge on any atom is 0.379 e. The monoisotopic (exact) mass is 206 g/mol. The molecule has 1 aromatic heterocycles. The van der Waals surface area contributed by atoms with E-state index in [0.717, 1.165) is 0 Å². The zero-order valence-corrected chi connectivity index (χ0v) is 7.64. The SMILES string of the molecule is O=C(Oc1ccc(F)cc1)c1ccco1. The van der Waals surface area contributed by atoms with Gasteiger partial charge < -0.3 is 9.15 Å². The first-order valence-corrected chi connectivity index (χ1v) is 4.27. The summed E-state index contributed by atoms with van der Waals surface area (Å²) < 4.78 is 22.3. The molecule has 0 amide bonds. The second kappa shape index (κ2) is 3.96. The number of hydrogen-bond donors (Lipinski definition) is 0. The summed E-state index contributed by atoms with van der Waals surface area (Å²) in [5, 5.41) is 0. The van der Waals surface area contributed by atoms with Crippen molar-refractivity contribution >= 4 is 5.97 Å². The van der Waals surface area contributed by atoms with Gasteiger partial charge in [-0.05, 0) is 36.4 Å². The molecule has 0 saturated heterocycles. The van der Waals surface area contributed by atoms with Crippen LogP contribution in [-0.4, -0.2) is 5.97 Å². The van der Waals surface area contributed by atoms with Crippen molar-refractivity contribution in [2.24, 2.45) is 0 Å². The molecule has 15 heavy (non-hydrogen) atoms. The maximum atomic E-state index is 12.5. The van der Waals surface area contributed by atoms with Crippen molar-refractivity contribution < 1.29 is 18.3 Å². The molecule has 76 valence electrons. The molecular weight excluding hydrogens is 199 g/mol. The number of benzene rings is 1. The van der Waals surface area contributed by atoms with Crippen LogP contribution in [-0.2, 0) is 0 Å². The summed E-state index contributed by atoms with van der Waals surface area (Å²) in [5.74, 6) is -0.600. The molecule has 0 aliphatic heterocycles. The third kappa shape index (κ3) is 2.22. The van der Waals surface area contributed by atoms with Crippen molar-refractivity contribution in [1.82, 2.24) is 0 Å². The van der Waals surface area contributed by atoms with Crippen LogP contribution in [0.1, 0.15) is 10.6 Å². The Morgan fingerprint density at radius 1 is 1.20 bits per heavy atom. The highest BCUT2D eigenvalue weighted by Crippen LogP contribution is 2.13. The number of hydrogen-bond acceptors (Lipinski definition) is 3. The van der Waals surface area contributed by atoms with E-state index in [1.807, 2.05) is 0 Å². The Morgan fingerprint density at radius 2 is 1.93 bits per heavy atom. The zero-order valence-electron chi connectivity index (χ0n) is 7.64. The van der Waals surface area contributed by atoms with E-state index in [1.54, 1.807) is 6.07 Å². The van der Waals surface area contributed by atoms with E-state index in [1.165, 1.54) is 36.6 Å². The first kappa shape index (κ1) is 9.45. The quantitative estimate of drug-likeness (QED) is 0.560. The summed E-state index contributed by atoms with van der Waals surface area (Å²) in [6.07, 6.45) is 1.38. The van der Waals surface area contributed by atoms with Crippen LogP contribution in [0.15, 0.2) is 47.1 Å². The molecule has 1 aromatic carbocycles. The highest BCUT2D eigenvalue weighted by atomic mass is 19.1. The Kier molecular flexibility index (Phi) is 2.49. The number of ether oxygens (including phenoxy) is 1. The molecule has 2 rings (SSSR count). The fraction of sp³-hybridized carbons (Fsp3) is 0. The van der Waals surface area contributed by atoms with Crippen LogP contribution in [0.25, 0.3) is 0 Å². The van der Waals surface area contributed by atoms with Crippen LogP contribution in [0.5, 0.6) is 5.75 Å². The normalized spacial score (nSPS) is 9.93. The van der Waals surface area contributed by atoms with Crippen molar-refractivity contribution in [2.45, 2.75) is 0 Å². The Morgan fingerprint density at radius 3 is 2.53 bits per heavy atom. The van der Waals surface area contributed by atoms with Crippen molar-refractivity contribution in [3.05, 3.63) is 54.2 Å². The highest BCUT2D eigenvalue weighted by molar-refractivity contribution is 5.87. The molecule has 0 saturated carbocycles. The maximum absolute atomic E-state index is 12.5. The van der Waals surface area contributed by atoms with E-state index in [0.29, 0.717) is 0 Å². The molecule has 4 heteroatoms. The Labute approximate surface area is 85.1 Å². The molecule has 0 unspecified atom stereocenters. The summed E-state index contributed by atoms with van der Waals surface area (Å²) in [6.45, 7) is 0. The first-order chi connectivity index (χ1) is 7.25. The lowest BCUT2D eigenvalue weighted by atomic mass is 10.3. The molecule has 0 atom stereocenters. The van der Waals surface area contributed by atoms with E-state index in [9.17, 15) is 9.18 Å². The minimum absolute atomic E-state index is 0.110. The second-order valence-corrected chi connectivity index (χ2v) is 2.82. The van der Waals surface area contributed by atoms with E-state index in [2.05, 4.69) is 0 Å². The number of furan rings is 1. The minimum Gasteiger partial charge on any atom is -0.457 e. The van der Waals surface area contributed by atoms with Gasteiger partial charge in [-0.15, -0.1) is 0 Å². The molecule has 0 bridgehead atoms. The predicted molar refractivity (Wildman–Crippen MR) is 50.1 cm³/mol. The van der Waals surface area contributed by atoms with Gasteiger partial charge in [-0.3, -0.25) is 0 Å². The molecule has 2 aromatic rings. The first-order valence-electron chi connectivity index (χ1n) is 4.27. The number of rotatable bonds is 2. The van der Waals surface area contributed by atoms with Gasteiger partial charge in [-0.2, -0.15) is 0 Å². The van der Waals surface area contributed by atoms with Crippen molar-refractivity contribution in [3.8, 4) is 5.75 Å². The number of halogens is 1. The minimum atomic E-state index is -0.605. The van der Waals surface area contributed by atoms with Gasteiger partial charge in [0.05, 0.1) is 6.26 Å². The summed E-state index contributed by atoms with van der Waals surface area (Å²) in [5.41, 5.74) is 0. The molecular formula is C11H7FO3. The summed E-state index contributed by atoms with van der Waals surface area (Å²) in [6, 6.07) is 8.24. The van der Waals surface area contributed by atoms with Gasteiger partial charge in [0.2, 0.25) is 5.76 Å². The summed E-state index contributed by atoms with van der Waals surface area (Å²) in [4.78, 5) is 11.4. The average Bonchev–Trinajstić information content (AvgIpc) is 2.74. The Hall–Kier alpha value is -2.10. The molecule has 0 aliphatic carbocycles. The number of carbonyl (C=O) groups excluding carboxylic acids is 1. The lowest BCUT2D eigenvalue weighted by Crippen LogP contribution is -2.06. The molecule has 0 N–H and O–H groups in total. The van der Waals surface area contributed by atoms with Crippen molar-refractivity contribution in [3.63, 3.8) is 0 Å². The van der Waals surface area contributed by atoms with E-state index in [-0.39, 0.29) is 17.3 Å². The predicted octanol–water partition coefficient (Wildman–Crippen LogP) is 2.64. The second-order valence-electron chi connectivity index (χ2n) is 2.82. The van der Waals surface area contributed by atoms with E-state index in [4.69, 9.17) is 9.15 Å². The lowest BCUT2D eigenvalue weighted by molar-refractivity contribution is 0.0701. The topological polar surface area (TPSA) is 39.4 Å². The standard InChI is InChI=1S/C11H7FO3/c12-8-3-5-9(6-4-8)15-11(13)10-2-1-7-14-10/h1-7H. The average molecular weight is 206 g/mol. The van der Waals surface area contributed by atoms with Gasteiger partial charge >= 0.3 is 5.97 Å². The lowest BCUT2D eigenvalue weighted by Gasteiger charge is -2.00. The number of esters is 1. The van der Waals surface area contributed by atoms with Gasteiger partial charge in [-0.25, -0.2) is 9.18 Å². The van der Waals surface area contributed by atoms with Crippen molar-refractivity contribution in [1.29, 1.82) is 0 Å². The largest absolute Gasteiger partial charge is 0.457 e. The molecule has 0 fully saturated rings. The number of carbonyl (C=O) groups is 1. The van der Waals surface area contributed by atoms with E-state index >= 15 is 0 Å². The van der Waals surface area contributed by atoms with Gasteiger partial charge in [0.1, 0.15) is 11.6 Å². The van der Waals surface area contributed by atoms with Crippen LogP contribution < -0.4 is 4.74 Å². The highest BCUT2D eigenvalue weighted by Gasteiger charge is 2.10. The van der Waals surface area contributed by atoms with Crippen LogP contribution in [0.4, 0.5) is 4.39 Å². The van der Waals surface area contributed by atoms with Crippen molar-refractivity contribution in [2.75, 3.05) is 0 Å². The smallest absolute Gasteiger partial charge is 0.379 e. The van der Waals surface area contributed by atoms with Gasteiger partial charge in [0, 0.05) is 0 Å².